The number of carbonyl (C=O) groups is 2. The third-order valence-corrected chi connectivity index (χ3v) is 4.40. The van der Waals surface area contributed by atoms with Crippen molar-refractivity contribution in [1.29, 1.82) is 0 Å². The molecule has 0 aliphatic carbocycles. The molecule has 23 heavy (non-hydrogen) atoms. The zero-order chi connectivity index (χ0) is 17.5. The molecule has 1 aromatic rings. The van der Waals surface area contributed by atoms with Gasteiger partial charge in [0.05, 0.1) is 11.5 Å². The molecule has 0 fully saturated rings. The van der Waals surface area contributed by atoms with Gasteiger partial charge in [-0.05, 0) is 24.6 Å². The van der Waals surface area contributed by atoms with Gasteiger partial charge in [-0.3, -0.25) is 4.79 Å². The number of hydrogen-bond acceptors (Lipinski definition) is 5. The van der Waals surface area contributed by atoms with Gasteiger partial charge >= 0.3 is 5.97 Å². The predicted molar refractivity (Wildman–Crippen MR) is 82.8 cm³/mol. The third kappa shape index (κ3) is 5.97. The maximum absolute atomic E-state index is 12.1. The number of ether oxygens (including phenoxy) is 1. The van der Waals surface area contributed by atoms with Crippen molar-refractivity contribution in [2.75, 3.05) is 26.3 Å². The van der Waals surface area contributed by atoms with E-state index < -0.39 is 28.5 Å². The second-order valence-electron chi connectivity index (χ2n) is 4.68. The smallest absolute Gasteiger partial charge is 0.329 e. The van der Waals surface area contributed by atoms with Gasteiger partial charge in [0.1, 0.15) is 6.61 Å². The molecule has 1 amide bonds. The van der Waals surface area contributed by atoms with Gasteiger partial charge in [-0.2, -0.15) is 0 Å². The van der Waals surface area contributed by atoms with Gasteiger partial charge in [0.25, 0.3) is 5.91 Å². The van der Waals surface area contributed by atoms with Crippen molar-refractivity contribution in [3.8, 4) is 0 Å². The first-order valence-electron chi connectivity index (χ1n) is 6.96. The highest BCUT2D eigenvalue weighted by molar-refractivity contribution is 7.89. The van der Waals surface area contributed by atoms with Gasteiger partial charge in [-0.1, -0.05) is 13.0 Å². The molecule has 0 unspecified atom stereocenters. The van der Waals surface area contributed by atoms with Crippen molar-refractivity contribution in [1.82, 2.24) is 10.0 Å². The van der Waals surface area contributed by atoms with Crippen LogP contribution in [0.15, 0.2) is 23.1 Å². The Kier molecular flexibility index (Phi) is 7.14. The molecule has 9 heteroatoms. The summed E-state index contributed by atoms with van der Waals surface area (Å²) in [6.07, 6.45) is 0. The highest BCUT2D eigenvalue weighted by Gasteiger charge is 2.17. The minimum atomic E-state index is -3.64. The molecular formula is C14H20N2O6S. The lowest BCUT2D eigenvalue weighted by Gasteiger charge is -2.10. The molecule has 0 atom stereocenters. The maximum Gasteiger partial charge on any atom is 0.329 e. The first-order chi connectivity index (χ1) is 10.8. The summed E-state index contributed by atoms with van der Waals surface area (Å²) in [5.74, 6) is -1.54. The van der Waals surface area contributed by atoms with E-state index in [1.54, 1.807) is 19.9 Å². The molecule has 0 radical (unpaired) electrons. The molecule has 3 N–H and O–H groups in total. The summed E-state index contributed by atoms with van der Waals surface area (Å²) < 4.78 is 31.1. The van der Waals surface area contributed by atoms with Crippen LogP contribution < -0.4 is 10.0 Å². The zero-order valence-corrected chi connectivity index (χ0v) is 13.8. The summed E-state index contributed by atoms with van der Waals surface area (Å²) >= 11 is 0. The lowest BCUT2D eigenvalue weighted by Crippen LogP contribution is -2.29. The average Bonchev–Trinajstić information content (AvgIpc) is 2.46. The Balaban J connectivity index is 2.75. The number of benzene rings is 1. The van der Waals surface area contributed by atoms with E-state index in [1.807, 2.05) is 0 Å². The van der Waals surface area contributed by atoms with E-state index >= 15 is 0 Å². The van der Waals surface area contributed by atoms with Crippen LogP contribution in [0.25, 0.3) is 0 Å². The van der Waals surface area contributed by atoms with Crippen LogP contribution in [0.1, 0.15) is 22.8 Å². The van der Waals surface area contributed by atoms with E-state index in [0.717, 1.165) is 0 Å². The number of sulfonamides is 1. The van der Waals surface area contributed by atoms with E-state index in [0.29, 0.717) is 5.56 Å². The molecule has 1 rings (SSSR count). The van der Waals surface area contributed by atoms with Crippen LogP contribution in [0.3, 0.4) is 0 Å². The Bertz CT molecular complexity index is 672. The van der Waals surface area contributed by atoms with Crippen molar-refractivity contribution < 1.29 is 27.9 Å². The SMILES string of the molecule is CCNS(=O)(=O)c1ccc(C)c(C(=O)NCCOCC(=O)O)c1. The Morgan fingerprint density at radius 2 is 2.00 bits per heavy atom. The topological polar surface area (TPSA) is 122 Å². The van der Waals surface area contributed by atoms with E-state index in [2.05, 4.69) is 10.0 Å². The van der Waals surface area contributed by atoms with Crippen molar-refractivity contribution in [2.45, 2.75) is 18.7 Å². The second kappa shape index (κ2) is 8.61. The van der Waals surface area contributed by atoms with Gasteiger partial charge in [-0.25, -0.2) is 17.9 Å². The van der Waals surface area contributed by atoms with E-state index in [9.17, 15) is 18.0 Å². The number of carboxylic acid groups (broad SMARTS) is 1. The lowest BCUT2D eigenvalue weighted by atomic mass is 10.1. The number of carbonyl (C=O) groups excluding carboxylic acids is 1. The molecule has 0 aliphatic rings. The zero-order valence-electron chi connectivity index (χ0n) is 13.0. The standard InChI is InChI=1S/C14H20N2O6S/c1-3-16-23(20,21)11-5-4-10(2)12(8-11)14(19)15-6-7-22-9-13(17)18/h4-5,8,16H,3,6-7,9H2,1-2H3,(H,15,19)(H,17,18). The monoisotopic (exact) mass is 344 g/mol. The van der Waals surface area contributed by atoms with Crippen LogP contribution in [0, 0.1) is 6.92 Å². The maximum atomic E-state index is 12.1. The summed E-state index contributed by atoms with van der Waals surface area (Å²) in [6.45, 7) is 3.34. The van der Waals surface area contributed by atoms with Gasteiger partial charge in [0.2, 0.25) is 10.0 Å². The highest BCUT2D eigenvalue weighted by Crippen LogP contribution is 2.15. The molecule has 0 saturated carbocycles. The summed E-state index contributed by atoms with van der Waals surface area (Å²) in [4.78, 5) is 22.4. The van der Waals surface area contributed by atoms with Gasteiger partial charge < -0.3 is 15.2 Å². The Labute approximate surface area is 134 Å². The lowest BCUT2D eigenvalue weighted by molar-refractivity contribution is -0.142. The molecule has 8 nitrogen and oxygen atoms in total. The van der Waals surface area contributed by atoms with Crippen molar-refractivity contribution >= 4 is 21.9 Å². The first kappa shape index (κ1) is 19.1. The van der Waals surface area contributed by atoms with E-state index in [4.69, 9.17) is 9.84 Å². The fourth-order valence-electron chi connectivity index (χ4n) is 1.78. The summed E-state index contributed by atoms with van der Waals surface area (Å²) in [5, 5.41) is 11.0. The third-order valence-electron chi connectivity index (χ3n) is 2.86. The number of aliphatic carboxylic acids is 1. The quantitative estimate of drug-likeness (QED) is 0.547. The van der Waals surface area contributed by atoms with E-state index in [1.165, 1.54) is 12.1 Å². The number of hydrogen-bond donors (Lipinski definition) is 3. The summed E-state index contributed by atoms with van der Waals surface area (Å²) in [5.41, 5.74) is 0.867. The Morgan fingerprint density at radius 3 is 2.61 bits per heavy atom. The minimum Gasteiger partial charge on any atom is -0.480 e. The normalized spacial score (nSPS) is 11.2. The molecule has 0 spiro atoms. The van der Waals surface area contributed by atoms with Crippen LogP contribution in [-0.2, 0) is 19.6 Å². The molecule has 0 saturated heterocycles. The molecule has 1 aromatic carbocycles. The van der Waals surface area contributed by atoms with E-state index in [-0.39, 0.29) is 30.2 Å². The first-order valence-corrected chi connectivity index (χ1v) is 8.44. The summed E-state index contributed by atoms with van der Waals surface area (Å²) in [6, 6.07) is 4.29. The second-order valence-corrected chi connectivity index (χ2v) is 6.45. The summed E-state index contributed by atoms with van der Waals surface area (Å²) in [7, 11) is -3.64. The minimum absolute atomic E-state index is 0.0113. The number of aryl methyl sites for hydroxylation is 1. The molecule has 0 aromatic heterocycles. The number of rotatable bonds is 9. The molecule has 0 bridgehead atoms. The average molecular weight is 344 g/mol. The predicted octanol–water partition coefficient (Wildman–Crippen LogP) is 0.124. The fourth-order valence-corrected chi connectivity index (χ4v) is 2.84. The van der Waals surface area contributed by atoms with Crippen LogP contribution in [0.5, 0.6) is 0 Å². The molecule has 0 aliphatic heterocycles. The van der Waals surface area contributed by atoms with Crippen molar-refractivity contribution in [3.05, 3.63) is 29.3 Å². The van der Waals surface area contributed by atoms with Crippen LogP contribution in [-0.4, -0.2) is 51.7 Å². The molecule has 128 valence electrons. The van der Waals surface area contributed by atoms with Gasteiger partial charge in [0.15, 0.2) is 0 Å². The Morgan fingerprint density at radius 1 is 1.30 bits per heavy atom. The van der Waals surface area contributed by atoms with Crippen molar-refractivity contribution in [3.63, 3.8) is 0 Å². The van der Waals surface area contributed by atoms with Gasteiger partial charge in [0, 0.05) is 18.7 Å². The molecular weight excluding hydrogens is 324 g/mol. The number of carboxylic acids is 1. The highest BCUT2D eigenvalue weighted by atomic mass is 32.2. The van der Waals surface area contributed by atoms with Crippen LogP contribution in [0.2, 0.25) is 0 Å². The van der Waals surface area contributed by atoms with Gasteiger partial charge in [-0.15, -0.1) is 0 Å². The molecule has 0 heterocycles. The fraction of sp³-hybridized carbons (Fsp3) is 0.429. The largest absolute Gasteiger partial charge is 0.480 e. The number of nitrogens with one attached hydrogen (secondary N) is 2. The number of amides is 1. The Hall–Kier alpha value is -1.97. The van der Waals surface area contributed by atoms with Crippen LogP contribution >= 0.6 is 0 Å². The van der Waals surface area contributed by atoms with Crippen molar-refractivity contribution in [2.24, 2.45) is 0 Å². The van der Waals surface area contributed by atoms with Crippen LogP contribution in [0.4, 0.5) is 0 Å².